The summed E-state index contributed by atoms with van der Waals surface area (Å²) < 4.78 is 37.3. The van der Waals surface area contributed by atoms with Crippen molar-refractivity contribution in [2.24, 2.45) is 0 Å². The van der Waals surface area contributed by atoms with Crippen LogP contribution in [0, 0.1) is 0 Å². The maximum absolute atomic E-state index is 12.4. The van der Waals surface area contributed by atoms with Crippen molar-refractivity contribution >= 4 is 24.2 Å². The van der Waals surface area contributed by atoms with Crippen LogP contribution in [0.5, 0.6) is 0 Å². The van der Waals surface area contributed by atoms with E-state index in [2.05, 4.69) is 0 Å². The van der Waals surface area contributed by atoms with Gasteiger partial charge in [0.1, 0.15) is 0 Å². The summed E-state index contributed by atoms with van der Waals surface area (Å²) >= 11 is 1.22. The Bertz CT molecular complexity index is 290. The van der Waals surface area contributed by atoms with E-state index in [0.717, 1.165) is 6.07 Å². The van der Waals surface area contributed by atoms with Crippen LogP contribution in [-0.2, 0) is 0 Å². The molecule has 0 amide bonds. The van der Waals surface area contributed by atoms with E-state index in [1.165, 1.54) is 23.9 Å². The van der Waals surface area contributed by atoms with E-state index in [4.69, 9.17) is 0 Å². The Labute approximate surface area is 129 Å². The number of hydrogen-bond donors (Lipinski definition) is 0. The molecule has 0 heterocycles. The maximum atomic E-state index is 12.4. The van der Waals surface area contributed by atoms with Gasteiger partial charge in [-0.3, -0.25) is 0 Å². The summed E-state index contributed by atoms with van der Waals surface area (Å²) in [5.41, 5.74) is -0.477. The first-order valence-corrected chi connectivity index (χ1v) is 4.96. The minimum absolute atomic E-state index is 0. The fraction of sp³-hybridized carbons (Fsp3) is 0.250. The number of hydrogen-bond acceptors (Lipinski definition) is 1. The second kappa shape index (κ2) is 6.60. The molecule has 0 aliphatic rings. The van der Waals surface area contributed by atoms with E-state index in [0.29, 0.717) is 10.6 Å². The van der Waals surface area contributed by atoms with Crippen LogP contribution in [0.4, 0.5) is 12.9 Å². The van der Waals surface area contributed by atoms with Crippen molar-refractivity contribution < 1.29 is 64.3 Å². The predicted octanol–water partition coefficient (Wildman–Crippen LogP) is -0.143. The molecule has 14 heavy (non-hydrogen) atoms. The normalized spacial score (nSPS) is 10.9. The molecule has 0 radical (unpaired) electrons. The molecule has 0 spiro atoms. The van der Waals surface area contributed by atoms with Crippen molar-refractivity contribution in [3.63, 3.8) is 0 Å². The van der Waals surface area contributed by atoms with Crippen molar-refractivity contribution in [3.05, 3.63) is 24.3 Å². The van der Waals surface area contributed by atoms with Crippen molar-refractivity contribution in [1.29, 1.82) is 0 Å². The smallest absolute Gasteiger partial charge is 0.445 e. The van der Waals surface area contributed by atoms with Crippen LogP contribution in [0.1, 0.15) is 6.92 Å². The van der Waals surface area contributed by atoms with Crippen LogP contribution in [0.15, 0.2) is 29.2 Å². The minimum atomic E-state index is -4.87. The van der Waals surface area contributed by atoms with E-state index < -0.39 is 12.4 Å². The molecule has 0 N–H and O–H groups in total. The maximum Gasteiger partial charge on any atom is 1.00 e. The predicted molar refractivity (Wildman–Crippen MR) is 51.6 cm³/mol. The third-order valence-electron chi connectivity index (χ3n) is 1.57. The number of benzene rings is 1. The molecule has 6 heteroatoms. The molecular formula is C8H9BF3KS. The molecule has 0 atom stereocenters. The van der Waals surface area contributed by atoms with Gasteiger partial charge in [-0.25, -0.2) is 0 Å². The quantitative estimate of drug-likeness (QED) is 0.526. The third kappa shape index (κ3) is 4.28. The molecular weight excluding hydrogens is 235 g/mol. The van der Waals surface area contributed by atoms with Gasteiger partial charge < -0.3 is 12.9 Å². The van der Waals surface area contributed by atoms with E-state index in [-0.39, 0.29) is 51.4 Å². The second-order valence-electron chi connectivity index (χ2n) is 2.55. The Balaban J connectivity index is 0.00000169. The second-order valence-corrected chi connectivity index (χ2v) is 3.85. The van der Waals surface area contributed by atoms with Crippen LogP contribution in [-0.4, -0.2) is 12.7 Å². The monoisotopic (exact) mass is 244 g/mol. The fourth-order valence-corrected chi connectivity index (χ4v) is 1.89. The molecule has 1 rings (SSSR count). The van der Waals surface area contributed by atoms with Crippen molar-refractivity contribution in [3.8, 4) is 0 Å². The minimum Gasteiger partial charge on any atom is -0.445 e. The average Bonchev–Trinajstić information content (AvgIpc) is 2.04. The molecule has 1 aromatic carbocycles. The first-order valence-electron chi connectivity index (χ1n) is 3.97. The SMILES string of the molecule is CCSc1ccccc1[B-](F)(F)F.[K+]. The molecule has 0 unspecified atom stereocenters. The van der Waals surface area contributed by atoms with Gasteiger partial charge in [0, 0.05) is 0 Å². The zero-order chi connectivity index (χ0) is 9.90. The summed E-state index contributed by atoms with van der Waals surface area (Å²) in [7, 11) is 0. The van der Waals surface area contributed by atoms with Gasteiger partial charge in [0.2, 0.25) is 0 Å². The molecule has 72 valence electrons. The Hall–Kier alpha value is 1.06. The number of thioether (sulfide) groups is 1. The van der Waals surface area contributed by atoms with Crippen molar-refractivity contribution in [1.82, 2.24) is 0 Å². The zero-order valence-corrected chi connectivity index (χ0v) is 12.1. The molecule has 0 saturated heterocycles. The summed E-state index contributed by atoms with van der Waals surface area (Å²) in [4.78, 5) is 0.331. The van der Waals surface area contributed by atoms with Gasteiger partial charge in [0.15, 0.2) is 0 Å². The standard InChI is InChI=1S/C8H9BF3S.K/c1-2-13-8-6-4-3-5-7(8)9(10,11)12;/h3-6H,2H2,1H3;/q-1;+1. The average molecular weight is 244 g/mol. The summed E-state index contributed by atoms with van der Waals surface area (Å²) in [6.45, 7) is -3.03. The summed E-state index contributed by atoms with van der Waals surface area (Å²) in [5, 5.41) is 0. The topological polar surface area (TPSA) is 0 Å². The van der Waals surface area contributed by atoms with Crippen molar-refractivity contribution in [2.75, 3.05) is 5.75 Å². The van der Waals surface area contributed by atoms with Gasteiger partial charge in [-0.1, -0.05) is 36.7 Å². The van der Waals surface area contributed by atoms with E-state index in [1.54, 1.807) is 6.07 Å². The molecule has 0 bridgehead atoms. The Kier molecular flexibility index (Phi) is 7.10. The fourth-order valence-electron chi connectivity index (χ4n) is 1.04. The molecule has 0 saturated carbocycles. The molecule has 0 nitrogen and oxygen atoms in total. The molecule has 1 aromatic rings. The number of halogens is 3. The van der Waals surface area contributed by atoms with Crippen LogP contribution in [0.2, 0.25) is 0 Å². The molecule has 0 fully saturated rings. The molecule has 0 aromatic heterocycles. The van der Waals surface area contributed by atoms with Crippen molar-refractivity contribution in [2.45, 2.75) is 11.8 Å². The van der Waals surface area contributed by atoms with Crippen LogP contribution in [0.25, 0.3) is 0 Å². The van der Waals surface area contributed by atoms with E-state index >= 15 is 0 Å². The molecule has 0 aliphatic carbocycles. The third-order valence-corrected chi connectivity index (χ3v) is 2.54. The first-order chi connectivity index (χ1) is 6.05. The summed E-state index contributed by atoms with van der Waals surface area (Å²) in [5.74, 6) is 0.656. The van der Waals surface area contributed by atoms with E-state index in [1.807, 2.05) is 6.92 Å². The van der Waals surface area contributed by atoms with Gasteiger partial charge >= 0.3 is 58.4 Å². The largest absolute Gasteiger partial charge is 1.00 e. The van der Waals surface area contributed by atoms with Crippen LogP contribution < -0.4 is 56.8 Å². The Morgan fingerprint density at radius 3 is 2.29 bits per heavy atom. The molecule has 0 aliphatic heterocycles. The Morgan fingerprint density at radius 1 is 1.21 bits per heavy atom. The number of rotatable bonds is 3. The first kappa shape index (κ1) is 15.1. The van der Waals surface area contributed by atoms with Gasteiger partial charge in [-0.15, -0.1) is 11.8 Å². The van der Waals surface area contributed by atoms with Gasteiger partial charge in [-0.05, 0) is 10.6 Å². The zero-order valence-electron chi connectivity index (χ0n) is 8.14. The van der Waals surface area contributed by atoms with Gasteiger partial charge in [0.05, 0.1) is 0 Å². The Morgan fingerprint density at radius 2 is 1.79 bits per heavy atom. The van der Waals surface area contributed by atoms with E-state index in [9.17, 15) is 12.9 Å². The van der Waals surface area contributed by atoms with Gasteiger partial charge in [0.25, 0.3) is 0 Å². The van der Waals surface area contributed by atoms with Crippen LogP contribution >= 0.6 is 11.8 Å². The van der Waals surface area contributed by atoms with Crippen LogP contribution in [0.3, 0.4) is 0 Å². The summed E-state index contributed by atoms with van der Waals surface area (Å²) in [6.07, 6.45) is 0. The van der Waals surface area contributed by atoms with Gasteiger partial charge in [-0.2, -0.15) is 0 Å². The summed E-state index contributed by atoms with van der Waals surface area (Å²) in [6, 6.07) is 5.70.